The third-order valence-electron chi connectivity index (χ3n) is 5.10. The van der Waals surface area contributed by atoms with Crippen LogP contribution in [-0.2, 0) is 0 Å². The van der Waals surface area contributed by atoms with E-state index in [4.69, 9.17) is 0 Å². The van der Waals surface area contributed by atoms with E-state index < -0.39 is 0 Å². The van der Waals surface area contributed by atoms with Crippen molar-refractivity contribution in [3.8, 4) is 0 Å². The molecule has 1 aliphatic carbocycles. The van der Waals surface area contributed by atoms with Crippen LogP contribution in [0.5, 0.6) is 0 Å². The molecule has 3 unspecified atom stereocenters. The predicted molar refractivity (Wildman–Crippen MR) is 78.8 cm³/mol. The average Bonchev–Trinajstić information content (AvgIpc) is 2.27. The van der Waals surface area contributed by atoms with Gasteiger partial charge in [-0.15, -0.1) is 0 Å². The summed E-state index contributed by atoms with van der Waals surface area (Å²) >= 11 is 0. The molecule has 3 atom stereocenters. The summed E-state index contributed by atoms with van der Waals surface area (Å²) in [5.74, 6) is 0.747. The average molecular weight is 252 g/mol. The maximum Gasteiger partial charge on any atom is 0.0218 e. The van der Waals surface area contributed by atoms with Crippen LogP contribution in [0.1, 0.15) is 60.3 Å². The van der Waals surface area contributed by atoms with E-state index >= 15 is 0 Å². The van der Waals surface area contributed by atoms with E-state index in [-0.39, 0.29) is 0 Å². The van der Waals surface area contributed by atoms with Gasteiger partial charge >= 0.3 is 0 Å². The minimum atomic E-state index is 0.556. The summed E-state index contributed by atoms with van der Waals surface area (Å²) in [6.45, 7) is 14.4. The van der Waals surface area contributed by atoms with Gasteiger partial charge in [-0.3, -0.25) is 4.90 Å². The molecule has 2 nitrogen and oxygen atoms in total. The third kappa shape index (κ3) is 3.27. The highest BCUT2D eigenvalue weighted by Gasteiger charge is 2.36. The summed E-state index contributed by atoms with van der Waals surface area (Å²) in [4.78, 5) is 2.81. The Labute approximate surface area is 114 Å². The van der Waals surface area contributed by atoms with Gasteiger partial charge in [-0.25, -0.2) is 0 Å². The normalized spacial score (nSPS) is 38.0. The molecule has 0 bridgehead atoms. The topological polar surface area (TPSA) is 15.3 Å². The summed E-state index contributed by atoms with van der Waals surface area (Å²) in [6.07, 6.45) is 5.64. The molecule has 0 aromatic carbocycles. The SMILES string of the molecule is CC(C)C1CN(C2CCCC(C)(C)C2)C(C)CN1. The van der Waals surface area contributed by atoms with E-state index in [1.54, 1.807) is 0 Å². The van der Waals surface area contributed by atoms with Gasteiger partial charge in [-0.1, -0.05) is 34.1 Å². The largest absolute Gasteiger partial charge is 0.311 e. The van der Waals surface area contributed by atoms with Crippen LogP contribution in [0.3, 0.4) is 0 Å². The fourth-order valence-corrected chi connectivity index (χ4v) is 3.81. The molecule has 1 saturated heterocycles. The molecule has 0 aromatic heterocycles. The van der Waals surface area contributed by atoms with Crippen molar-refractivity contribution in [1.29, 1.82) is 0 Å². The van der Waals surface area contributed by atoms with Gasteiger partial charge in [0.2, 0.25) is 0 Å². The highest BCUT2D eigenvalue weighted by atomic mass is 15.3. The fourth-order valence-electron chi connectivity index (χ4n) is 3.81. The van der Waals surface area contributed by atoms with Crippen molar-refractivity contribution in [2.24, 2.45) is 11.3 Å². The lowest BCUT2D eigenvalue weighted by atomic mass is 9.74. The van der Waals surface area contributed by atoms with Crippen LogP contribution < -0.4 is 5.32 Å². The third-order valence-corrected chi connectivity index (χ3v) is 5.10. The van der Waals surface area contributed by atoms with E-state index in [1.165, 1.54) is 38.8 Å². The summed E-state index contributed by atoms with van der Waals surface area (Å²) < 4.78 is 0. The molecule has 2 rings (SSSR count). The summed E-state index contributed by atoms with van der Waals surface area (Å²) in [5.41, 5.74) is 0.556. The lowest BCUT2D eigenvalue weighted by molar-refractivity contribution is 0.0305. The first kappa shape index (κ1) is 14.3. The molecule has 2 fully saturated rings. The van der Waals surface area contributed by atoms with Gasteiger partial charge in [0.05, 0.1) is 0 Å². The van der Waals surface area contributed by atoms with Crippen LogP contribution in [0.2, 0.25) is 0 Å². The van der Waals surface area contributed by atoms with E-state index in [2.05, 4.69) is 44.8 Å². The zero-order chi connectivity index (χ0) is 13.3. The van der Waals surface area contributed by atoms with Crippen LogP contribution in [0.15, 0.2) is 0 Å². The molecule has 0 aromatic rings. The molecule has 0 spiro atoms. The van der Waals surface area contributed by atoms with Gasteiger partial charge in [-0.2, -0.15) is 0 Å². The van der Waals surface area contributed by atoms with Crippen LogP contribution in [0, 0.1) is 11.3 Å². The van der Waals surface area contributed by atoms with Gasteiger partial charge in [0.25, 0.3) is 0 Å². The zero-order valence-corrected chi connectivity index (χ0v) is 13.0. The fraction of sp³-hybridized carbons (Fsp3) is 1.00. The Bertz CT molecular complexity index is 272. The molecule has 1 heterocycles. The second-order valence-electron chi connectivity index (χ2n) is 7.72. The molecule has 2 aliphatic rings. The Kier molecular flexibility index (Phi) is 4.38. The molecule has 18 heavy (non-hydrogen) atoms. The number of rotatable bonds is 2. The second-order valence-corrected chi connectivity index (χ2v) is 7.72. The summed E-state index contributed by atoms with van der Waals surface area (Å²) in [5, 5.41) is 3.72. The molecule has 1 saturated carbocycles. The maximum atomic E-state index is 3.72. The maximum absolute atomic E-state index is 3.72. The first-order valence-electron chi connectivity index (χ1n) is 7.88. The zero-order valence-electron chi connectivity index (χ0n) is 13.0. The molecule has 2 heteroatoms. The Morgan fingerprint density at radius 1 is 1.28 bits per heavy atom. The van der Waals surface area contributed by atoms with E-state index in [0.717, 1.165) is 12.0 Å². The number of hydrogen-bond acceptors (Lipinski definition) is 2. The van der Waals surface area contributed by atoms with Crippen molar-refractivity contribution in [3.63, 3.8) is 0 Å². The first-order chi connectivity index (χ1) is 8.39. The second kappa shape index (κ2) is 5.50. The van der Waals surface area contributed by atoms with Crippen molar-refractivity contribution >= 4 is 0 Å². The molecule has 1 aliphatic heterocycles. The standard InChI is InChI=1S/C16H32N2/c1-12(2)15-11-18(13(3)10-17-15)14-7-6-8-16(4,5)9-14/h12-15,17H,6-11H2,1-5H3. The smallest absolute Gasteiger partial charge is 0.0218 e. The van der Waals surface area contributed by atoms with Crippen LogP contribution in [-0.4, -0.2) is 36.1 Å². The minimum absolute atomic E-state index is 0.556. The number of piperazine rings is 1. The Morgan fingerprint density at radius 3 is 2.61 bits per heavy atom. The highest BCUT2D eigenvalue weighted by molar-refractivity contribution is 4.93. The van der Waals surface area contributed by atoms with E-state index in [9.17, 15) is 0 Å². The van der Waals surface area contributed by atoms with Gasteiger partial charge in [0.15, 0.2) is 0 Å². The van der Waals surface area contributed by atoms with Crippen molar-refractivity contribution < 1.29 is 0 Å². The van der Waals surface area contributed by atoms with Crippen molar-refractivity contribution in [2.75, 3.05) is 13.1 Å². The Balaban J connectivity index is 2.01. The van der Waals surface area contributed by atoms with Gasteiger partial charge in [0.1, 0.15) is 0 Å². The number of nitrogens with one attached hydrogen (secondary N) is 1. The predicted octanol–water partition coefficient (Wildman–Crippen LogP) is 3.27. The monoisotopic (exact) mass is 252 g/mol. The van der Waals surface area contributed by atoms with Gasteiger partial charge in [-0.05, 0) is 37.5 Å². The van der Waals surface area contributed by atoms with Crippen molar-refractivity contribution in [2.45, 2.75) is 78.4 Å². The minimum Gasteiger partial charge on any atom is -0.311 e. The summed E-state index contributed by atoms with van der Waals surface area (Å²) in [7, 11) is 0. The molecule has 0 radical (unpaired) electrons. The number of nitrogens with zero attached hydrogens (tertiary/aromatic N) is 1. The lowest BCUT2D eigenvalue weighted by Gasteiger charge is -2.48. The molecule has 0 amide bonds. The van der Waals surface area contributed by atoms with Gasteiger partial charge in [0, 0.05) is 31.2 Å². The highest BCUT2D eigenvalue weighted by Crippen LogP contribution is 2.38. The van der Waals surface area contributed by atoms with E-state index in [0.29, 0.717) is 17.5 Å². The number of hydrogen-bond donors (Lipinski definition) is 1. The molecule has 106 valence electrons. The molecular weight excluding hydrogens is 220 g/mol. The Hall–Kier alpha value is -0.0800. The van der Waals surface area contributed by atoms with Crippen molar-refractivity contribution in [1.82, 2.24) is 10.2 Å². The summed E-state index contributed by atoms with van der Waals surface area (Å²) in [6, 6.07) is 2.22. The first-order valence-corrected chi connectivity index (χ1v) is 7.88. The van der Waals surface area contributed by atoms with Crippen molar-refractivity contribution in [3.05, 3.63) is 0 Å². The van der Waals surface area contributed by atoms with Gasteiger partial charge < -0.3 is 5.32 Å². The molecule has 1 N–H and O–H groups in total. The van der Waals surface area contributed by atoms with Crippen LogP contribution in [0.4, 0.5) is 0 Å². The van der Waals surface area contributed by atoms with Crippen LogP contribution >= 0.6 is 0 Å². The molecular formula is C16H32N2. The van der Waals surface area contributed by atoms with Crippen LogP contribution in [0.25, 0.3) is 0 Å². The lowest BCUT2D eigenvalue weighted by Crippen LogP contribution is -2.60. The van der Waals surface area contributed by atoms with E-state index in [1.807, 2.05) is 0 Å². The quantitative estimate of drug-likeness (QED) is 0.811. The Morgan fingerprint density at radius 2 is 2.00 bits per heavy atom.